The topological polar surface area (TPSA) is 161 Å². The third-order valence-electron chi connectivity index (χ3n) is 6.45. The van der Waals surface area contributed by atoms with E-state index in [4.69, 9.17) is 9.47 Å². The first-order valence-corrected chi connectivity index (χ1v) is 13.6. The number of piperazine rings is 1. The molecule has 1 aliphatic rings. The van der Waals surface area contributed by atoms with Crippen molar-refractivity contribution in [3.05, 3.63) is 42.1 Å². The maximum atomic E-state index is 13.4. The minimum absolute atomic E-state index is 0.0694. The van der Waals surface area contributed by atoms with Gasteiger partial charge < -0.3 is 34.6 Å². The molecule has 0 spiro atoms. The van der Waals surface area contributed by atoms with E-state index in [-0.39, 0.29) is 63.3 Å². The Labute approximate surface area is 244 Å². The fourth-order valence-corrected chi connectivity index (χ4v) is 3.92. The highest BCUT2D eigenvalue weighted by Gasteiger charge is 2.32. The SMILES string of the molecule is CCOC(=O)N1CCN(C(=O)[C@H](CNC(=O)OC)NC(=O)c2cc(OCC(=O)C(C)(C)C)n(-c3ccccc3)n2)CC1. The second-order valence-corrected chi connectivity index (χ2v) is 10.5. The molecule has 1 aliphatic heterocycles. The Morgan fingerprint density at radius 3 is 2.24 bits per heavy atom. The number of nitrogens with one attached hydrogen (secondary N) is 2. The monoisotopic (exact) mass is 586 g/mol. The number of nitrogens with zero attached hydrogens (tertiary/aromatic N) is 4. The van der Waals surface area contributed by atoms with E-state index in [1.54, 1.807) is 52.0 Å². The number of amides is 4. The van der Waals surface area contributed by atoms with Crippen LogP contribution in [0.1, 0.15) is 38.2 Å². The molecular formula is C28H38N6O8. The standard InChI is InChI=1S/C28H38N6O8/c1-6-41-27(39)33-14-12-32(13-15-33)25(37)21(17-29-26(38)40-5)30-24(36)20-16-23(42-18-22(35)28(2,3)4)34(31-20)19-10-8-7-9-11-19/h7-11,16,21H,6,12-15,17-18H2,1-5H3,(H,29,38)(H,30,36)/t21-/m0/s1. The molecule has 1 aromatic heterocycles. The Bertz CT molecular complexity index is 1260. The van der Waals surface area contributed by atoms with Gasteiger partial charge in [0.15, 0.2) is 11.5 Å². The average Bonchev–Trinajstić information content (AvgIpc) is 3.42. The van der Waals surface area contributed by atoms with Gasteiger partial charge in [0.1, 0.15) is 12.6 Å². The average molecular weight is 587 g/mol. The van der Waals surface area contributed by atoms with Crippen LogP contribution in [0.5, 0.6) is 5.88 Å². The Hall–Kier alpha value is -4.62. The predicted molar refractivity (Wildman–Crippen MR) is 150 cm³/mol. The van der Waals surface area contributed by atoms with Crippen LogP contribution >= 0.6 is 0 Å². The Morgan fingerprint density at radius 2 is 1.64 bits per heavy atom. The highest BCUT2D eigenvalue weighted by atomic mass is 16.6. The number of methoxy groups -OCH3 is 1. The smallest absolute Gasteiger partial charge is 0.409 e. The number of hydrogen-bond acceptors (Lipinski definition) is 9. The number of ether oxygens (including phenoxy) is 3. The number of carbonyl (C=O) groups is 5. The van der Waals surface area contributed by atoms with Crippen molar-refractivity contribution < 1.29 is 38.2 Å². The van der Waals surface area contributed by atoms with Crippen molar-refractivity contribution in [2.45, 2.75) is 33.7 Å². The van der Waals surface area contributed by atoms with Crippen molar-refractivity contribution in [3.63, 3.8) is 0 Å². The van der Waals surface area contributed by atoms with Gasteiger partial charge in [-0.25, -0.2) is 14.3 Å². The van der Waals surface area contributed by atoms with Crippen LogP contribution in [0.3, 0.4) is 0 Å². The number of para-hydroxylation sites is 1. The summed E-state index contributed by atoms with van der Waals surface area (Å²) in [7, 11) is 1.18. The fraction of sp³-hybridized carbons (Fsp3) is 0.500. The maximum Gasteiger partial charge on any atom is 0.409 e. The van der Waals surface area contributed by atoms with Gasteiger partial charge in [-0.1, -0.05) is 39.0 Å². The first-order chi connectivity index (χ1) is 19.9. The van der Waals surface area contributed by atoms with Gasteiger partial charge in [-0.3, -0.25) is 14.4 Å². The molecule has 14 heteroatoms. The van der Waals surface area contributed by atoms with Gasteiger partial charge in [0, 0.05) is 37.7 Å². The van der Waals surface area contributed by atoms with Crippen LogP contribution in [0, 0.1) is 5.41 Å². The minimum atomic E-state index is -1.17. The second-order valence-electron chi connectivity index (χ2n) is 10.5. The summed E-state index contributed by atoms with van der Waals surface area (Å²) in [5.41, 5.74) is -0.103. The van der Waals surface area contributed by atoms with E-state index in [0.717, 1.165) is 0 Å². The van der Waals surface area contributed by atoms with E-state index in [1.807, 2.05) is 6.07 Å². The van der Waals surface area contributed by atoms with Crippen LogP contribution in [0.25, 0.3) is 5.69 Å². The van der Waals surface area contributed by atoms with E-state index in [2.05, 4.69) is 20.5 Å². The zero-order valence-electron chi connectivity index (χ0n) is 24.5. The molecule has 3 rings (SSSR count). The normalized spacial score (nSPS) is 14.0. The maximum absolute atomic E-state index is 13.4. The summed E-state index contributed by atoms with van der Waals surface area (Å²) >= 11 is 0. The number of aromatic nitrogens is 2. The minimum Gasteiger partial charge on any atom is -0.470 e. The van der Waals surface area contributed by atoms with E-state index < -0.39 is 35.5 Å². The number of Topliss-reactive ketones (excluding diaryl/α,β-unsaturated/α-hetero) is 1. The molecule has 1 saturated heterocycles. The molecular weight excluding hydrogens is 548 g/mol. The van der Waals surface area contributed by atoms with E-state index in [9.17, 15) is 24.0 Å². The summed E-state index contributed by atoms with van der Waals surface area (Å²) in [5.74, 6) is -1.14. The number of ketones is 1. The van der Waals surface area contributed by atoms with Crippen LogP contribution in [0.15, 0.2) is 36.4 Å². The fourth-order valence-electron chi connectivity index (χ4n) is 3.92. The van der Waals surface area contributed by atoms with Crippen LogP contribution in [-0.4, -0.2) is 108 Å². The van der Waals surface area contributed by atoms with Crippen molar-refractivity contribution in [3.8, 4) is 11.6 Å². The third-order valence-corrected chi connectivity index (χ3v) is 6.45. The van der Waals surface area contributed by atoms with Crippen molar-refractivity contribution in [1.29, 1.82) is 0 Å². The molecule has 1 fully saturated rings. The summed E-state index contributed by atoms with van der Waals surface area (Å²) < 4.78 is 16.8. The van der Waals surface area contributed by atoms with Gasteiger partial charge in [0.2, 0.25) is 11.8 Å². The molecule has 228 valence electrons. The Morgan fingerprint density at radius 1 is 1.00 bits per heavy atom. The van der Waals surface area contributed by atoms with Crippen LogP contribution in [0.4, 0.5) is 9.59 Å². The lowest BCUT2D eigenvalue weighted by molar-refractivity contribution is -0.134. The molecule has 1 aromatic carbocycles. The van der Waals surface area contributed by atoms with Gasteiger partial charge in [-0.15, -0.1) is 0 Å². The Balaban J connectivity index is 1.80. The highest BCUT2D eigenvalue weighted by molar-refractivity contribution is 5.96. The van der Waals surface area contributed by atoms with Gasteiger partial charge in [0.05, 0.1) is 25.9 Å². The van der Waals surface area contributed by atoms with E-state index in [0.29, 0.717) is 5.69 Å². The summed E-state index contributed by atoms with van der Waals surface area (Å²) in [5, 5.41) is 9.46. The van der Waals surface area contributed by atoms with E-state index >= 15 is 0 Å². The van der Waals surface area contributed by atoms with Crippen molar-refractivity contribution >= 4 is 29.8 Å². The first kappa shape index (κ1) is 31.9. The van der Waals surface area contributed by atoms with Crippen LogP contribution in [-0.2, 0) is 19.1 Å². The lowest BCUT2D eigenvalue weighted by Crippen LogP contribution is -2.58. The predicted octanol–water partition coefficient (Wildman–Crippen LogP) is 1.62. The molecule has 14 nitrogen and oxygen atoms in total. The van der Waals surface area contributed by atoms with Crippen molar-refractivity contribution in [2.24, 2.45) is 5.41 Å². The number of carbonyl (C=O) groups excluding carboxylic acids is 5. The van der Waals surface area contributed by atoms with Crippen molar-refractivity contribution in [1.82, 2.24) is 30.2 Å². The van der Waals surface area contributed by atoms with Gasteiger partial charge in [0.25, 0.3) is 5.91 Å². The van der Waals surface area contributed by atoms with Gasteiger partial charge in [-0.05, 0) is 19.1 Å². The Kier molecular flexibility index (Phi) is 10.9. The first-order valence-electron chi connectivity index (χ1n) is 13.6. The summed E-state index contributed by atoms with van der Waals surface area (Å²) in [6, 6.07) is 9.13. The number of alkyl carbamates (subject to hydrolysis) is 1. The molecule has 2 aromatic rings. The lowest BCUT2D eigenvalue weighted by Gasteiger charge is -2.35. The molecule has 0 radical (unpaired) electrons. The number of rotatable bonds is 10. The third kappa shape index (κ3) is 8.44. The van der Waals surface area contributed by atoms with Gasteiger partial charge in [-0.2, -0.15) is 5.10 Å². The second kappa shape index (κ2) is 14.3. The number of benzene rings is 1. The molecule has 4 amide bonds. The quantitative estimate of drug-likeness (QED) is 0.421. The lowest BCUT2D eigenvalue weighted by atomic mass is 9.91. The van der Waals surface area contributed by atoms with Crippen molar-refractivity contribution in [2.75, 3.05) is 53.0 Å². The molecule has 0 aliphatic carbocycles. The number of hydrogen-bond donors (Lipinski definition) is 2. The highest BCUT2D eigenvalue weighted by Crippen LogP contribution is 2.22. The summed E-state index contributed by atoms with van der Waals surface area (Å²) in [4.78, 5) is 66.1. The van der Waals surface area contributed by atoms with E-state index in [1.165, 1.54) is 27.7 Å². The molecule has 42 heavy (non-hydrogen) atoms. The zero-order chi connectivity index (χ0) is 30.9. The van der Waals surface area contributed by atoms with Crippen LogP contribution < -0.4 is 15.4 Å². The largest absolute Gasteiger partial charge is 0.470 e. The van der Waals surface area contributed by atoms with Crippen LogP contribution in [0.2, 0.25) is 0 Å². The summed E-state index contributed by atoms with van der Waals surface area (Å²) in [6.07, 6.45) is -1.24. The molecule has 2 heterocycles. The molecule has 0 bridgehead atoms. The van der Waals surface area contributed by atoms with Gasteiger partial charge >= 0.3 is 12.2 Å². The summed E-state index contributed by atoms with van der Waals surface area (Å²) in [6.45, 7) is 7.75. The zero-order valence-corrected chi connectivity index (χ0v) is 24.5. The molecule has 2 N–H and O–H groups in total. The molecule has 0 unspecified atom stereocenters. The molecule has 0 saturated carbocycles. The molecule has 1 atom stereocenters.